The van der Waals surface area contributed by atoms with Gasteiger partial charge in [-0.2, -0.15) is 0 Å². The number of hydrogen-bond donors (Lipinski definition) is 2. The summed E-state index contributed by atoms with van der Waals surface area (Å²) in [6.45, 7) is 9.26. The Bertz CT molecular complexity index is 492. The van der Waals surface area contributed by atoms with E-state index in [4.69, 9.17) is 4.42 Å². The standard InChI is InChI=1S/C14H26N2O3S/c1-11(2)6-5-9-16-20(17,18)14-8-7-13(19-14)10-15-12(3)4/h7-8,11-12,15-16H,5-6,9-10H2,1-4H3. The van der Waals surface area contributed by atoms with Crippen LogP contribution in [0.4, 0.5) is 0 Å². The van der Waals surface area contributed by atoms with Crippen molar-refractivity contribution in [3.8, 4) is 0 Å². The SMILES string of the molecule is CC(C)CCCNS(=O)(=O)c1ccc(CNC(C)C)o1. The second kappa shape index (κ2) is 7.81. The van der Waals surface area contributed by atoms with Crippen molar-refractivity contribution in [2.75, 3.05) is 6.54 Å². The minimum Gasteiger partial charge on any atom is -0.447 e. The molecule has 20 heavy (non-hydrogen) atoms. The molecule has 116 valence electrons. The average molecular weight is 302 g/mol. The average Bonchev–Trinajstić information content (AvgIpc) is 2.81. The first-order valence-corrected chi connectivity index (χ1v) is 8.61. The van der Waals surface area contributed by atoms with Gasteiger partial charge in [0.05, 0.1) is 6.54 Å². The van der Waals surface area contributed by atoms with Crippen molar-refractivity contribution in [2.24, 2.45) is 5.92 Å². The Hall–Kier alpha value is -0.850. The highest BCUT2D eigenvalue weighted by Gasteiger charge is 2.18. The molecule has 0 saturated heterocycles. The van der Waals surface area contributed by atoms with Gasteiger partial charge in [-0.1, -0.05) is 27.7 Å². The molecule has 0 atom stereocenters. The molecule has 2 N–H and O–H groups in total. The quantitative estimate of drug-likeness (QED) is 0.688. The van der Waals surface area contributed by atoms with Gasteiger partial charge in [0.25, 0.3) is 10.0 Å². The maximum atomic E-state index is 12.0. The summed E-state index contributed by atoms with van der Waals surface area (Å²) >= 11 is 0. The van der Waals surface area contributed by atoms with Crippen molar-refractivity contribution in [3.63, 3.8) is 0 Å². The van der Waals surface area contributed by atoms with Crippen LogP contribution in [0.5, 0.6) is 0 Å². The van der Waals surface area contributed by atoms with E-state index in [-0.39, 0.29) is 5.09 Å². The molecule has 0 radical (unpaired) electrons. The Balaban J connectivity index is 2.51. The Morgan fingerprint density at radius 2 is 1.90 bits per heavy atom. The smallest absolute Gasteiger partial charge is 0.273 e. The van der Waals surface area contributed by atoms with Gasteiger partial charge >= 0.3 is 0 Å². The van der Waals surface area contributed by atoms with E-state index in [0.29, 0.717) is 30.8 Å². The van der Waals surface area contributed by atoms with Crippen molar-refractivity contribution in [3.05, 3.63) is 17.9 Å². The molecule has 0 aromatic carbocycles. The lowest BCUT2D eigenvalue weighted by molar-refractivity contribution is 0.393. The number of sulfonamides is 1. The van der Waals surface area contributed by atoms with Crippen LogP contribution in [0.25, 0.3) is 0 Å². The van der Waals surface area contributed by atoms with Crippen LogP contribution in [-0.2, 0) is 16.6 Å². The van der Waals surface area contributed by atoms with Gasteiger partial charge in [0.1, 0.15) is 5.76 Å². The van der Waals surface area contributed by atoms with E-state index in [0.717, 1.165) is 12.8 Å². The summed E-state index contributed by atoms with van der Waals surface area (Å²) in [6.07, 6.45) is 1.84. The predicted octanol–water partition coefficient (Wildman–Crippen LogP) is 2.49. The maximum Gasteiger partial charge on any atom is 0.273 e. The maximum absolute atomic E-state index is 12.0. The van der Waals surface area contributed by atoms with Crippen LogP contribution < -0.4 is 10.0 Å². The second-order valence-electron chi connectivity index (χ2n) is 5.69. The third-order valence-corrected chi connectivity index (χ3v) is 4.17. The molecule has 1 rings (SSSR count). The zero-order chi connectivity index (χ0) is 15.2. The molecule has 1 aromatic heterocycles. The number of furan rings is 1. The molecule has 0 saturated carbocycles. The summed E-state index contributed by atoms with van der Waals surface area (Å²) in [7, 11) is -3.52. The van der Waals surface area contributed by atoms with E-state index in [1.54, 1.807) is 6.07 Å². The van der Waals surface area contributed by atoms with Crippen LogP contribution in [0, 0.1) is 5.92 Å². The molecular weight excluding hydrogens is 276 g/mol. The van der Waals surface area contributed by atoms with Gasteiger partial charge in [0.2, 0.25) is 5.09 Å². The lowest BCUT2D eigenvalue weighted by Gasteiger charge is -2.07. The molecule has 1 aromatic rings. The van der Waals surface area contributed by atoms with Gasteiger partial charge < -0.3 is 9.73 Å². The van der Waals surface area contributed by atoms with Gasteiger partial charge in [-0.05, 0) is 30.9 Å². The summed E-state index contributed by atoms with van der Waals surface area (Å²) in [5.74, 6) is 1.21. The highest BCUT2D eigenvalue weighted by atomic mass is 32.2. The molecule has 0 aliphatic carbocycles. The molecule has 0 amide bonds. The van der Waals surface area contributed by atoms with Crippen molar-refractivity contribution in [1.82, 2.24) is 10.0 Å². The van der Waals surface area contributed by atoms with Crippen LogP contribution >= 0.6 is 0 Å². The van der Waals surface area contributed by atoms with Crippen LogP contribution in [0.2, 0.25) is 0 Å². The molecule has 6 heteroatoms. The van der Waals surface area contributed by atoms with Crippen molar-refractivity contribution in [2.45, 2.75) is 58.2 Å². The van der Waals surface area contributed by atoms with E-state index in [1.807, 2.05) is 13.8 Å². The summed E-state index contributed by atoms with van der Waals surface area (Å²) in [6, 6.07) is 3.52. The topological polar surface area (TPSA) is 71.3 Å². The number of hydrogen-bond acceptors (Lipinski definition) is 4. The Morgan fingerprint density at radius 1 is 1.20 bits per heavy atom. The van der Waals surface area contributed by atoms with Gasteiger partial charge in [-0.3, -0.25) is 0 Å². The molecule has 5 nitrogen and oxygen atoms in total. The molecule has 0 spiro atoms. The molecule has 0 aliphatic rings. The van der Waals surface area contributed by atoms with Gasteiger partial charge in [0.15, 0.2) is 0 Å². The fourth-order valence-corrected chi connectivity index (χ4v) is 2.71. The molecule has 0 fully saturated rings. The second-order valence-corrected chi connectivity index (χ2v) is 7.39. The van der Waals surface area contributed by atoms with Crippen LogP contribution in [0.3, 0.4) is 0 Å². The minimum atomic E-state index is -3.52. The fraction of sp³-hybridized carbons (Fsp3) is 0.714. The van der Waals surface area contributed by atoms with Crippen molar-refractivity contribution >= 4 is 10.0 Å². The summed E-state index contributed by atoms with van der Waals surface area (Å²) < 4.78 is 31.9. The summed E-state index contributed by atoms with van der Waals surface area (Å²) in [5.41, 5.74) is 0. The number of rotatable bonds is 9. The van der Waals surface area contributed by atoms with Gasteiger partial charge in [-0.25, -0.2) is 13.1 Å². The van der Waals surface area contributed by atoms with E-state index in [2.05, 4.69) is 23.9 Å². The molecule has 0 aliphatic heterocycles. The van der Waals surface area contributed by atoms with Gasteiger partial charge in [0, 0.05) is 12.6 Å². The van der Waals surface area contributed by atoms with Gasteiger partial charge in [-0.15, -0.1) is 0 Å². The Morgan fingerprint density at radius 3 is 2.50 bits per heavy atom. The lowest BCUT2D eigenvalue weighted by atomic mass is 10.1. The van der Waals surface area contributed by atoms with E-state index >= 15 is 0 Å². The van der Waals surface area contributed by atoms with Crippen molar-refractivity contribution < 1.29 is 12.8 Å². The first-order chi connectivity index (χ1) is 9.31. The molecule has 0 unspecified atom stereocenters. The predicted molar refractivity (Wildman–Crippen MR) is 79.9 cm³/mol. The highest BCUT2D eigenvalue weighted by molar-refractivity contribution is 7.89. The molecule has 1 heterocycles. The third kappa shape index (κ3) is 6.07. The highest BCUT2D eigenvalue weighted by Crippen LogP contribution is 2.14. The summed E-state index contributed by atoms with van der Waals surface area (Å²) in [4.78, 5) is 0. The zero-order valence-corrected chi connectivity index (χ0v) is 13.6. The zero-order valence-electron chi connectivity index (χ0n) is 12.8. The first-order valence-electron chi connectivity index (χ1n) is 7.13. The monoisotopic (exact) mass is 302 g/mol. The lowest BCUT2D eigenvalue weighted by Crippen LogP contribution is -2.24. The normalized spacial score (nSPS) is 12.5. The first kappa shape index (κ1) is 17.2. The molecular formula is C14H26N2O3S. The van der Waals surface area contributed by atoms with E-state index in [9.17, 15) is 8.42 Å². The van der Waals surface area contributed by atoms with Crippen LogP contribution in [-0.4, -0.2) is 21.0 Å². The van der Waals surface area contributed by atoms with Crippen molar-refractivity contribution in [1.29, 1.82) is 0 Å². The minimum absolute atomic E-state index is 0.0115. The fourth-order valence-electron chi connectivity index (χ4n) is 1.69. The van der Waals surface area contributed by atoms with Crippen LogP contribution in [0.15, 0.2) is 21.6 Å². The largest absolute Gasteiger partial charge is 0.447 e. The van der Waals surface area contributed by atoms with E-state index < -0.39 is 10.0 Å². The summed E-state index contributed by atoms with van der Waals surface area (Å²) in [5, 5.41) is 3.17. The Labute approximate surface area is 122 Å². The third-order valence-electron chi connectivity index (χ3n) is 2.84. The number of nitrogens with one attached hydrogen (secondary N) is 2. The van der Waals surface area contributed by atoms with Crippen LogP contribution in [0.1, 0.15) is 46.3 Å². The molecule has 0 bridgehead atoms. The van der Waals surface area contributed by atoms with E-state index in [1.165, 1.54) is 6.07 Å². The Kier molecular flexibility index (Phi) is 6.71.